The topological polar surface area (TPSA) is 55.1 Å². The number of carbonyl (C=O) groups excluding carboxylic acids is 1. The fraction of sp³-hybridized carbons (Fsp3) is 0.857. The highest BCUT2D eigenvalue weighted by atomic mass is 16.1. The van der Waals surface area contributed by atoms with Gasteiger partial charge in [-0.25, -0.2) is 0 Å². The molecule has 1 heterocycles. The molecule has 0 bridgehead atoms. The molecule has 0 aromatic carbocycles. The highest BCUT2D eigenvalue weighted by Gasteiger charge is 2.28. The van der Waals surface area contributed by atoms with Crippen LogP contribution in [0, 0.1) is 5.92 Å². The van der Waals surface area contributed by atoms with E-state index in [4.69, 9.17) is 5.73 Å². The summed E-state index contributed by atoms with van der Waals surface area (Å²) in [6, 6.07) is 0.0486. The van der Waals surface area contributed by atoms with E-state index in [-0.39, 0.29) is 17.7 Å². The average Bonchev–Trinajstić information content (AvgIpc) is 2.34. The molecule has 58 valence electrons. The van der Waals surface area contributed by atoms with Gasteiger partial charge < -0.3 is 11.1 Å². The first-order chi connectivity index (χ1) is 4.75. The summed E-state index contributed by atoms with van der Waals surface area (Å²) in [6.45, 7) is 3.44. The van der Waals surface area contributed by atoms with Gasteiger partial charge in [-0.3, -0.25) is 4.79 Å². The van der Waals surface area contributed by atoms with Crippen LogP contribution in [-0.2, 0) is 4.79 Å². The van der Waals surface area contributed by atoms with Gasteiger partial charge in [0.2, 0.25) is 0 Å². The van der Waals surface area contributed by atoms with Crippen molar-refractivity contribution in [1.29, 1.82) is 0 Å². The van der Waals surface area contributed by atoms with Crippen molar-refractivity contribution in [1.82, 2.24) is 5.32 Å². The van der Waals surface area contributed by atoms with Crippen molar-refractivity contribution in [2.24, 2.45) is 11.7 Å². The molecule has 0 amide bonds. The molecule has 3 nitrogen and oxygen atoms in total. The summed E-state index contributed by atoms with van der Waals surface area (Å²) in [5.74, 6) is 0.363. The van der Waals surface area contributed by atoms with Crippen LogP contribution in [-0.4, -0.2) is 24.9 Å². The van der Waals surface area contributed by atoms with Gasteiger partial charge in [0.05, 0.1) is 0 Å². The van der Waals surface area contributed by atoms with E-state index in [1.165, 1.54) is 0 Å². The fourth-order valence-electron chi connectivity index (χ4n) is 1.31. The Kier molecular flexibility index (Phi) is 2.40. The van der Waals surface area contributed by atoms with E-state index in [0.717, 1.165) is 13.1 Å². The average molecular weight is 142 g/mol. The van der Waals surface area contributed by atoms with E-state index < -0.39 is 0 Å². The Morgan fingerprint density at radius 3 is 2.80 bits per heavy atom. The van der Waals surface area contributed by atoms with Crippen molar-refractivity contribution in [3.8, 4) is 0 Å². The van der Waals surface area contributed by atoms with Gasteiger partial charge in [-0.2, -0.15) is 0 Å². The van der Waals surface area contributed by atoms with Crippen molar-refractivity contribution < 1.29 is 4.79 Å². The first-order valence-corrected chi connectivity index (χ1v) is 3.74. The fourth-order valence-corrected chi connectivity index (χ4v) is 1.31. The lowest BCUT2D eigenvalue weighted by molar-refractivity contribution is -0.122. The maximum absolute atomic E-state index is 11.1. The van der Waals surface area contributed by atoms with Crippen molar-refractivity contribution in [2.75, 3.05) is 13.1 Å². The third-order valence-electron chi connectivity index (χ3n) is 2.02. The van der Waals surface area contributed by atoms with Gasteiger partial charge in [-0.05, 0) is 0 Å². The minimum absolute atomic E-state index is 0.0486. The number of nitrogens with two attached hydrogens (primary N) is 1. The van der Waals surface area contributed by atoms with Crippen molar-refractivity contribution in [3.05, 3.63) is 0 Å². The SMILES string of the molecule is CCC(=O)C1CNC[C@@H]1N. The molecular formula is C7H14N2O. The van der Waals surface area contributed by atoms with Gasteiger partial charge >= 0.3 is 0 Å². The molecule has 1 rings (SSSR count). The molecule has 0 radical (unpaired) electrons. The van der Waals surface area contributed by atoms with Crippen molar-refractivity contribution in [3.63, 3.8) is 0 Å². The molecule has 1 unspecified atom stereocenters. The van der Waals surface area contributed by atoms with Gasteiger partial charge in [0.25, 0.3) is 0 Å². The molecule has 2 atom stereocenters. The summed E-state index contributed by atoms with van der Waals surface area (Å²) in [5.41, 5.74) is 5.67. The molecular weight excluding hydrogens is 128 g/mol. The van der Waals surface area contributed by atoms with E-state index in [1.807, 2.05) is 6.92 Å². The maximum Gasteiger partial charge on any atom is 0.138 e. The van der Waals surface area contributed by atoms with Gasteiger partial charge in [0.1, 0.15) is 5.78 Å². The number of rotatable bonds is 2. The molecule has 0 spiro atoms. The Morgan fingerprint density at radius 2 is 2.40 bits per heavy atom. The molecule has 0 aromatic rings. The molecule has 3 heteroatoms. The number of Topliss-reactive ketones (excluding diaryl/α,β-unsaturated/α-hetero) is 1. The molecule has 0 aliphatic carbocycles. The largest absolute Gasteiger partial charge is 0.326 e. The van der Waals surface area contributed by atoms with Gasteiger partial charge in [-0.1, -0.05) is 6.92 Å². The Balaban J connectivity index is 2.46. The Bertz CT molecular complexity index is 136. The number of hydrogen-bond acceptors (Lipinski definition) is 3. The summed E-state index contributed by atoms with van der Waals surface area (Å²) in [6.07, 6.45) is 0.611. The van der Waals surface area contributed by atoms with Crippen LogP contribution < -0.4 is 11.1 Å². The van der Waals surface area contributed by atoms with Crippen LogP contribution in [0.3, 0.4) is 0 Å². The zero-order valence-corrected chi connectivity index (χ0v) is 6.26. The number of carbonyl (C=O) groups is 1. The number of ketones is 1. The predicted molar refractivity (Wildman–Crippen MR) is 39.6 cm³/mol. The molecule has 10 heavy (non-hydrogen) atoms. The first-order valence-electron chi connectivity index (χ1n) is 3.74. The quantitative estimate of drug-likeness (QED) is 0.547. The summed E-state index contributed by atoms with van der Waals surface area (Å²) < 4.78 is 0. The lowest BCUT2D eigenvalue weighted by Crippen LogP contribution is -2.33. The molecule has 1 aliphatic heterocycles. The van der Waals surface area contributed by atoms with Crippen LogP contribution in [0.5, 0.6) is 0 Å². The summed E-state index contributed by atoms with van der Waals surface area (Å²) in [4.78, 5) is 11.1. The van der Waals surface area contributed by atoms with Crippen LogP contribution in [0.2, 0.25) is 0 Å². The van der Waals surface area contributed by atoms with Gasteiger partial charge in [0, 0.05) is 31.5 Å². The third-order valence-corrected chi connectivity index (χ3v) is 2.02. The zero-order valence-electron chi connectivity index (χ0n) is 6.26. The van der Waals surface area contributed by atoms with E-state index >= 15 is 0 Å². The number of nitrogens with one attached hydrogen (secondary N) is 1. The second kappa shape index (κ2) is 3.12. The second-order valence-corrected chi connectivity index (χ2v) is 2.75. The Morgan fingerprint density at radius 1 is 1.70 bits per heavy atom. The molecule has 3 N–H and O–H groups in total. The second-order valence-electron chi connectivity index (χ2n) is 2.75. The monoisotopic (exact) mass is 142 g/mol. The van der Waals surface area contributed by atoms with Crippen LogP contribution in [0.15, 0.2) is 0 Å². The lowest BCUT2D eigenvalue weighted by atomic mass is 9.98. The molecule has 1 aliphatic rings. The molecule has 0 saturated carbocycles. The smallest absolute Gasteiger partial charge is 0.138 e. The van der Waals surface area contributed by atoms with Crippen LogP contribution >= 0.6 is 0 Å². The lowest BCUT2D eigenvalue weighted by Gasteiger charge is -2.10. The minimum Gasteiger partial charge on any atom is -0.326 e. The van der Waals surface area contributed by atoms with E-state index in [9.17, 15) is 4.79 Å². The van der Waals surface area contributed by atoms with Gasteiger partial charge in [-0.15, -0.1) is 0 Å². The summed E-state index contributed by atoms with van der Waals surface area (Å²) in [5, 5.41) is 3.09. The van der Waals surface area contributed by atoms with Crippen molar-refractivity contribution >= 4 is 5.78 Å². The zero-order chi connectivity index (χ0) is 7.56. The molecule has 0 aromatic heterocycles. The van der Waals surface area contributed by atoms with Gasteiger partial charge in [0.15, 0.2) is 0 Å². The predicted octanol–water partition coefficient (Wildman–Crippen LogP) is -0.488. The Labute approximate surface area is 61.0 Å². The molecule has 1 saturated heterocycles. The maximum atomic E-state index is 11.1. The van der Waals surface area contributed by atoms with Crippen LogP contribution in [0.4, 0.5) is 0 Å². The highest BCUT2D eigenvalue weighted by Crippen LogP contribution is 2.09. The normalized spacial score (nSPS) is 32.6. The summed E-state index contributed by atoms with van der Waals surface area (Å²) >= 11 is 0. The first kappa shape index (κ1) is 7.69. The minimum atomic E-state index is 0.0486. The van der Waals surface area contributed by atoms with Crippen LogP contribution in [0.1, 0.15) is 13.3 Å². The van der Waals surface area contributed by atoms with Crippen LogP contribution in [0.25, 0.3) is 0 Å². The van der Waals surface area contributed by atoms with E-state index in [0.29, 0.717) is 6.42 Å². The van der Waals surface area contributed by atoms with Crippen molar-refractivity contribution in [2.45, 2.75) is 19.4 Å². The summed E-state index contributed by atoms with van der Waals surface area (Å²) in [7, 11) is 0. The highest BCUT2D eigenvalue weighted by molar-refractivity contribution is 5.82. The Hall–Kier alpha value is -0.410. The molecule has 1 fully saturated rings. The van der Waals surface area contributed by atoms with E-state index in [1.54, 1.807) is 0 Å². The van der Waals surface area contributed by atoms with E-state index in [2.05, 4.69) is 5.32 Å². The standard InChI is InChI=1S/C7H14N2O/c1-2-7(10)5-3-9-4-6(5)8/h5-6,9H,2-4,8H2,1H3/t5?,6-/m0/s1. The third kappa shape index (κ3) is 1.36. The number of hydrogen-bond donors (Lipinski definition) is 2.